The van der Waals surface area contributed by atoms with Crippen LogP contribution < -0.4 is 5.73 Å². The van der Waals surface area contributed by atoms with Gasteiger partial charge >= 0.3 is 0 Å². The van der Waals surface area contributed by atoms with Gasteiger partial charge in [0.15, 0.2) is 0 Å². The van der Waals surface area contributed by atoms with E-state index in [4.69, 9.17) is 5.73 Å². The maximum Gasteiger partial charge on any atom is 0.0357 e. The van der Waals surface area contributed by atoms with Gasteiger partial charge in [-0.25, -0.2) is 0 Å². The van der Waals surface area contributed by atoms with E-state index in [9.17, 15) is 0 Å². The molecule has 0 amide bonds. The highest BCUT2D eigenvalue weighted by atomic mass is 15.2. The zero-order chi connectivity index (χ0) is 14.9. The Morgan fingerprint density at radius 2 is 1.71 bits per heavy atom. The lowest BCUT2D eigenvalue weighted by atomic mass is 9.83. The van der Waals surface area contributed by atoms with Crippen LogP contribution >= 0.6 is 0 Å². The summed E-state index contributed by atoms with van der Waals surface area (Å²) in [5.41, 5.74) is 8.26. The van der Waals surface area contributed by atoms with Gasteiger partial charge in [0.1, 0.15) is 0 Å². The van der Waals surface area contributed by atoms with E-state index >= 15 is 0 Å². The zero-order valence-corrected chi connectivity index (χ0v) is 13.2. The van der Waals surface area contributed by atoms with E-state index in [0.29, 0.717) is 0 Å². The van der Waals surface area contributed by atoms with Gasteiger partial charge in [-0.15, -0.1) is 0 Å². The summed E-state index contributed by atoms with van der Waals surface area (Å²) >= 11 is 0. The van der Waals surface area contributed by atoms with Crippen molar-refractivity contribution in [1.29, 1.82) is 0 Å². The smallest absolute Gasteiger partial charge is 0.0357 e. The third-order valence-corrected chi connectivity index (χ3v) is 5.37. The van der Waals surface area contributed by atoms with Crippen molar-refractivity contribution >= 4 is 10.8 Å². The van der Waals surface area contributed by atoms with Crippen LogP contribution in [0.1, 0.15) is 31.2 Å². The summed E-state index contributed by atoms with van der Waals surface area (Å²) in [5.74, 6) is 0. The Labute approximate surface area is 127 Å². The Bertz CT molecular complexity index is 606. The van der Waals surface area contributed by atoms with E-state index in [2.05, 4.69) is 61.5 Å². The first kappa shape index (κ1) is 14.6. The molecule has 0 aliphatic heterocycles. The average molecular weight is 282 g/mol. The summed E-state index contributed by atoms with van der Waals surface area (Å²) in [5, 5.41) is 2.66. The van der Waals surface area contributed by atoms with Crippen molar-refractivity contribution in [3.8, 4) is 0 Å². The maximum absolute atomic E-state index is 6.70. The normalized spacial score (nSPS) is 19.2. The third-order valence-electron chi connectivity index (χ3n) is 5.37. The van der Waals surface area contributed by atoms with E-state index in [-0.39, 0.29) is 11.6 Å². The number of likely N-dealkylation sites (N-methyl/N-ethyl adjacent to an activating group) is 1. The standard InChI is InChI=1S/C19H26N2/c1-21(2)19(12-5-6-13-19)18(20)14-16-10-7-9-15-8-3-4-11-17(15)16/h3-4,7-11,18H,5-6,12-14,20H2,1-2H3. The van der Waals surface area contributed by atoms with Crippen molar-refractivity contribution in [2.24, 2.45) is 5.73 Å². The third kappa shape index (κ3) is 2.58. The molecule has 2 aromatic carbocycles. The van der Waals surface area contributed by atoms with Gasteiger partial charge in [-0.2, -0.15) is 0 Å². The Balaban J connectivity index is 1.91. The molecule has 112 valence electrons. The van der Waals surface area contributed by atoms with Crippen LogP contribution in [0.2, 0.25) is 0 Å². The molecule has 0 bridgehead atoms. The largest absolute Gasteiger partial charge is 0.326 e. The van der Waals surface area contributed by atoms with Crippen molar-refractivity contribution in [3.63, 3.8) is 0 Å². The number of hydrogen-bond donors (Lipinski definition) is 1. The number of fused-ring (bicyclic) bond motifs is 1. The quantitative estimate of drug-likeness (QED) is 0.928. The maximum atomic E-state index is 6.70. The second-order valence-electron chi connectivity index (χ2n) is 6.65. The summed E-state index contributed by atoms with van der Waals surface area (Å²) in [6.45, 7) is 0. The van der Waals surface area contributed by atoms with Gasteiger partial charge in [0.05, 0.1) is 0 Å². The first-order chi connectivity index (χ1) is 10.1. The summed E-state index contributed by atoms with van der Waals surface area (Å²) in [7, 11) is 4.38. The van der Waals surface area contributed by atoms with Crippen molar-refractivity contribution in [2.75, 3.05) is 14.1 Å². The highest BCUT2D eigenvalue weighted by Gasteiger charge is 2.41. The molecule has 3 rings (SSSR count). The second kappa shape index (κ2) is 5.78. The predicted molar refractivity (Wildman–Crippen MR) is 90.5 cm³/mol. The molecule has 1 atom stereocenters. The molecular formula is C19H26N2. The molecule has 1 unspecified atom stereocenters. The molecule has 0 aromatic heterocycles. The van der Waals surface area contributed by atoms with Crippen LogP contribution in [-0.2, 0) is 6.42 Å². The molecule has 1 saturated carbocycles. The SMILES string of the molecule is CN(C)C1(C(N)Cc2cccc3ccccc23)CCCC1. The second-order valence-corrected chi connectivity index (χ2v) is 6.65. The van der Waals surface area contributed by atoms with Gasteiger partial charge < -0.3 is 10.6 Å². The van der Waals surface area contributed by atoms with Crippen LogP contribution in [0.5, 0.6) is 0 Å². The number of hydrogen-bond acceptors (Lipinski definition) is 2. The molecule has 0 spiro atoms. The lowest BCUT2D eigenvalue weighted by molar-refractivity contribution is 0.123. The fourth-order valence-electron chi connectivity index (χ4n) is 4.03. The van der Waals surface area contributed by atoms with Gasteiger partial charge in [-0.3, -0.25) is 0 Å². The summed E-state index contributed by atoms with van der Waals surface area (Å²) in [6, 6.07) is 15.4. The fraction of sp³-hybridized carbons (Fsp3) is 0.474. The van der Waals surface area contributed by atoms with Crippen molar-refractivity contribution in [2.45, 2.75) is 43.7 Å². The van der Waals surface area contributed by atoms with Crippen LogP contribution in [0, 0.1) is 0 Å². The van der Waals surface area contributed by atoms with Gasteiger partial charge in [-0.1, -0.05) is 55.3 Å². The van der Waals surface area contributed by atoms with Gasteiger partial charge in [0, 0.05) is 11.6 Å². The Hall–Kier alpha value is -1.38. The minimum Gasteiger partial charge on any atom is -0.326 e. The topological polar surface area (TPSA) is 29.3 Å². The average Bonchev–Trinajstić information content (AvgIpc) is 2.98. The van der Waals surface area contributed by atoms with Gasteiger partial charge in [0.25, 0.3) is 0 Å². The van der Waals surface area contributed by atoms with Crippen LogP contribution in [0.25, 0.3) is 10.8 Å². The van der Waals surface area contributed by atoms with E-state index in [1.165, 1.54) is 42.0 Å². The first-order valence-electron chi connectivity index (χ1n) is 8.03. The molecule has 2 N–H and O–H groups in total. The highest BCUT2D eigenvalue weighted by Crippen LogP contribution is 2.37. The Morgan fingerprint density at radius 1 is 1.05 bits per heavy atom. The minimum atomic E-state index is 0.178. The Kier molecular flexibility index (Phi) is 4.01. The number of nitrogens with two attached hydrogens (primary N) is 1. The molecule has 2 aromatic rings. The lowest BCUT2D eigenvalue weighted by Crippen LogP contribution is -2.56. The summed E-state index contributed by atoms with van der Waals surface area (Å²) in [6.07, 6.45) is 6.03. The first-order valence-corrected chi connectivity index (χ1v) is 8.03. The molecule has 1 fully saturated rings. The van der Waals surface area contributed by atoms with Crippen molar-refractivity contribution in [3.05, 3.63) is 48.0 Å². The summed E-state index contributed by atoms with van der Waals surface area (Å²) in [4.78, 5) is 2.37. The van der Waals surface area contributed by atoms with Gasteiger partial charge in [0.2, 0.25) is 0 Å². The van der Waals surface area contributed by atoms with E-state index in [1.807, 2.05) is 0 Å². The monoisotopic (exact) mass is 282 g/mol. The molecule has 0 radical (unpaired) electrons. The zero-order valence-electron chi connectivity index (χ0n) is 13.2. The summed E-state index contributed by atoms with van der Waals surface area (Å²) < 4.78 is 0. The van der Waals surface area contributed by atoms with Crippen LogP contribution in [0.15, 0.2) is 42.5 Å². The van der Waals surface area contributed by atoms with E-state index in [1.54, 1.807) is 0 Å². The van der Waals surface area contributed by atoms with Crippen LogP contribution in [0.3, 0.4) is 0 Å². The fourth-order valence-corrected chi connectivity index (χ4v) is 4.03. The molecular weight excluding hydrogens is 256 g/mol. The molecule has 1 aliphatic rings. The van der Waals surface area contributed by atoms with Crippen LogP contribution in [-0.4, -0.2) is 30.6 Å². The van der Waals surface area contributed by atoms with Crippen LogP contribution in [0.4, 0.5) is 0 Å². The molecule has 21 heavy (non-hydrogen) atoms. The predicted octanol–water partition coefficient (Wildman–Crippen LogP) is 3.58. The number of benzene rings is 2. The minimum absolute atomic E-state index is 0.178. The van der Waals surface area contributed by atoms with Crippen molar-refractivity contribution < 1.29 is 0 Å². The highest BCUT2D eigenvalue weighted by molar-refractivity contribution is 5.85. The molecule has 1 aliphatic carbocycles. The lowest BCUT2D eigenvalue weighted by Gasteiger charge is -2.41. The number of rotatable bonds is 4. The van der Waals surface area contributed by atoms with E-state index < -0.39 is 0 Å². The van der Waals surface area contributed by atoms with Gasteiger partial charge in [-0.05, 0) is 49.7 Å². The molecule has 2 nitrogen and oxygen atoms in total. The van der Waals surface area contributed by atoms with Crippen molar-refractivity contribution in [1.82, 2.24) is 4.90 Å². The molecule has 2 heteroatoms. The molecule has 0 saturated heterocycles. The number of nitrogens with zero attached hydrogens (tertiary/aromatic N) is 1. The molecule has 0 heterocycles. The Morgan fingerprint density at radius 3 is 2.43 bits per heavy atom. The van der Waals surface area contributed by atoms with E-state index in [0.717, 1.165) is 6.42 Å².